The second-order valence-electron chi connectivity index (χ2n) is 7.62. The van der Waals surface area contributed by atoms with Gasteiger partial charge in [0.05, 0.1) is 11.4 Å². The zero-order chi connectivity index (χ0) is 21.2. The number of aromatic amines is 1. The first-order chi connectivity index (χ1) is 15.2. The van der Waals surface area contributed by atoms with Crippen LogP contribution in [0.25, 0.3) is 11.3 Å². The predicted molar refractivity (Wildman–Crippen MR) is 124 cm³/mol. The molecule has 0 saturated heterocycles. The molecule has 3 heterocycles. The van der Waals surface area contributed by atoms with Gasteiger partial charge in [-0.2, -0.15) is 5.10 Å². The van der Waals surface area contributed by atoms with E-state index in [-0.39, 0.29) is 5.91 Å². The fraction of sp³-hybridized carbons (Fsp3) is 0.217. The Bertz CT molecular complexity index is 1170. The highest BCUT2D eigenvalue weighted by molar-refractivity contribution is 8.22. The first-order valence-electron chi connectivity index (χ1n) is 10.4. The number of amides is 1. The Morgan fingerprint density at radius 2 is 2.03 bits per heavy atom. The van der Waals surface area contributed by atoms with Gasteiger partial charge in [0.1, 0.15) is 11.6 Å². The van der Waals surface area contributed by atoms with Gasteiger partial charge in [0.2, 0.25) is 5.91 Å². The van der Waals surface area contributed by atoms with Gasteiger partial charge in [0.15, 0.2) is 5.16 Å². The van der Waals surface area contributed by atoms with Crippen molar-refractivity contribution in [2.75, 3.05) is 5.32 Å². The highest BCUT2D eigenvalue weighted by Crippen LogP contribution is 2.43. The second-order valence-corrected chi connectivity index (χ2v) is 9.39. The SMILES string of the molecule is CCC(=O)NC1=C[SH](c2nc(Nc3cc(C4CC4)n[nH]3)cc(-c3ccccc3)n2)C=C1. The second kappa shape index (κ2) is 8.39. The molecule has 1 atom stereocenters. The summed E-state index contributed by atoms with van der Waals surface area (Å²) < 4.78 is 0. The molecule has 0 bridgehead atoms. The van der Waals surface area contributed by atoms with Crippen LogP contribution in [0.3, 0.4) is 0 Å². The summed E-state index contributed by atoms with van der Waals surface area (Å²) in [5.41, 5.74) is 3.79. The molecule has 7 nitrogen and oxygen atoms in total. The molecule has 1 aliphatic carbocycles. The Labute approximate surface area is 183 Å². The van der Waals surface area contributed by atoms with Gasteiger partial charge < -0.3 is 10.6 Å². The first kappa shape index (κ1) is 19.6. The third-order valence-electron chi connectivity index (χ3n) is 5.17. The Hall–Kier alpha value is -3.39. The van der Waals surface area contributed by atoms with Crippen molar-refractivity contribution >= 4 is 28.4 Å². The van der Waals surface area contributed by atoms with Crippen LogP contribution >= 0.6 is 10.9 Å². The van der Waals surface area contributed by atoms with Crippen LogP contribution in [-0.4, -0.2) is 26.1 Å². The molecule has 1 fully saturated rings. The van der Waals surface area contributed by atoms with E-state index in [4.69, 9.17) is 9.97 Å². The van der Waals surface area contributed by atoms with E-state index in [9.17, 15) is 4.79 Å². The summed E-state index contributed by atoms with van der Waals surface area (Å²) >= 11 is 0. The summed E-state index contributed by atoms with van der Waals surface area (Å²) in [6, 6.07) is 14.1. The average molecular weight is 433 g/mol. The van der Waals surface area contributed by atoms with Crippen molar-refractivity contribution < 1.29 is 4.79 Å². The number of hydrogen-bond donors (Lipinski definition) is 4. The zero-order valence-corrected chi connectivity index (χ0v) is 18.1. The molecule has 31 heavy (non-hydrogen) atoms. The number of nitrogens with zero attached hydrogens (tertiary/aromatic N) is 3. The van der Waals surface area contributed by atoms with Crippen molar-refractivity contribution in [2.45, 2.75) is 37.3 Å². The maximum Gasteiger partial charge on any atom is 0.224 e. The fourth-order valence-corrected chi connectivity index (χ4v) is 4.90. The van der Waals surface area contributed by atoms with Gasteiger partial charge >= 0.3 is 0 Å². The van der Waals surface area contributed by atoms with Crippen LogP contribution < -0.4 is 10.6 Å². The summed E-state index contributed by atoms with van der Waals surface area (Å²) in [6.07, 6.45) is 4.80. The van der Waals surface area contributed by atoms with Crippen LogP contribution in [0.5, 0.6) is 0 Å². The lowest BCUT2D eigenvalue weighted by Crippen LogP contribution is -2.19. The fourth-order valence-electron chi connectivity index (χ4n) is 3.34. The summed E-state index contributed by atoms with van der Waals surface area (Å²) in [6.45, 7) is 1.84. The maximum absolute atomic E-state index is 11.7. The number of allylic oxidation sites excluding steroid dienone is 1. The number of thiol groups is 1. The monoisotopic (exact) mass is 432 g/mol. The minimum absolute atomic E-state index is 0.000211. The number of H-pyrrole nitrogens is 1. The molecule has 1 saturated carbocycles. The van der Waals surface area contributed by atoms with Crippen LogP contribution in [0.15, 0.2) is 70.2 Å². The number of carbonyl (C=O) groups excluding carboxylic acids is 1. The van der Waals surface area contributed by atoms with Gasteiger partial charge in [-0.3, -0.25) is 9.89 Å². The van der Waals surface area contributed by atoms with Crippen LogP contribution in [0, 0.1) is 0 Å². The lowest BCUT2D eigenvalue weighted by atomic mass is 10.1. The van der Waals surface area contributed by atoms with E-state index in [1.807, 2.05) is 54.8 Å². The molecule has 1 amide bonds. The van der Waals surface area contributed by atoms with Crippen molar-refractivity contribution in [1.29, 1.82) is 0 Å². The molecule has 3 aromatic rings. The number of carbonyl (C=O) groups is 1. The Morgan fingerprint density at radius 3 is 2.81 bits per heavy atom. The van der Waals surface area contributed by atoms with Crippen molar-refractivity contribution in [2.24, 2.45) is 0 Å². The van der Waals surface area contributed by atoms with Gasteiger partial charge in [0.25, 0.3) is 0 Å². The highest BCUT2D eigenvalue weighted by atomic mass is 32.2. The third-order valence-corrected chi connectivity index (χ3v) is 6.86. The largest absolute Gasteiger partial charge is 0.326 e. The summed E-state index contributed by atoms with van der Waals surface area (Å²) in [7, 11) is -0.853. The van der Waals surface area contributed by atoms with Crippen LogP contribution in [0.1, 0.15) is 37.8 Å². The maximum atomic E-state index is 11.7. The Morgan fingerprint density at radius 1 is 1.19 bits per heavy atom. The van der Waals surface area contributed by atoms with Crippen molar-refractivity contribution in [3.05, 3.63) is 70.7 Å². The smallest absolute Gasteiger partial charge is 0.224 e. The molecular formula is C23H24N6OS. The third kappa shape index (κ3) is 4.54. The number of nitrogens with one attached hydrogen (secondary N) is 3. The Kier molecular flexibility index (Phi) is 5.30. The predicted octanol–water partition coefficient (Wildman–Crippen LogP) is 4.74. The molecule has 0 radical (unpaired) electrons. The Balaban J connectivity index is 1.46. The molecule has 3 N–H and O–H groups in total. The van der Waals surface area contributed by atoms with E-state index in [1.165, 1.54) is 12.8 Å². The van der Waals surface area contributed by atoms with Crippen LogP contribution in [0.2, 0.25) is 0 Å². The zero-order valence-electron chi connectivity index (χ0n) is 17.2. The summed E-state index contributed by atoms with van der Waals surface area (Å²) in [4.78, 5) is 21.4. The van der Waals surface area contributed by atoms with Crippen LogP contribution in [-0.2, 0) is 4.79 Å². The lowest BCUT2D eigenvalue weighted by Gasteiger charge is -2.13. The van der Waals surface area contributed by atoms with E-state index in [2.05, 4.69) is 32.3 Å². The van der Waals surface area contributed by atoms with Crippen LogP contribution in [0.4, 0.5) is 11.6 Å². The van der Waals surface area contributed by atoms with Gasteiger partial charge in [-0.25, -0.2) is 9.97 Å². The first-order valence-corrected chi connectivity index (χ1v) is 11.9. The molecular weight excluding hydrogens is 408 g/mol. The molecule has 0 spiro atoms. The molecule has 1 aliphatic heterocycles. The number of aromatic nitrogens is 4. The summed E-state index contributed by atoms with van der Waals surface area (Å²) in [5.74, 6) is 2.12. The van der Waals surface area contributed by atoms with Crippen molar-refractivity contribution in [1.82, 2.24) is 25.5 Å². The van der Waals surface area contributed by atoms with Gasteiger partial charge in [-0.05, 0) is 29.7 Å². The number of benzene rings is 1. The van der Waals surface area contributed by atoms with E-state index in [1.54, 1.807) is 0 Å². The topological polar surface area (TPSA) is 95.6 Å². The minimum Gasteiger partial charge on any atom is -0.326 e. The standard InChI is InChI=1S/C23H24N6OS/c1-2-22(30)24-17-10-11-31(14-17)23-25-18(15-6-4-3-5-7-15)12-20(27-23)26-21-13-19(28-29-21)16-8-9-16/h3-7,10-14,16,31H,2,8-9H2,1H3,(H,24,30)(H2,25,26,27,28,29). The summed E-state index contributed by atoms with van der Waals surface area (Å²) in [5, 5.41) is 18.6. The molecule has 1 unspecified atom stereocenters. The minimum atomic E-state index is -0.853. The van der Waals surface area contributed by atoms with Crippen molar-refractivity contribution in [3.63, 3.8) is 0 Å². The molecule has 2 aliphatic rings. The van der Waals surface area contributed by atoms with Gasteiger partial charge in [-0.1, -0.05) is 37.3 Å². The molecule has 8 heteroatoms. The average Bonchev–Trinajstić information content (AvgIpc) is 3.37. The molecule has 1 aromatic carbocycles. The number of hydrogen-bond acceptors (Lipinski definition) is 5. The number of rotatable bonds is 7. The quantitative estimate of drug-likeness (QED) is 0.319. The van der Waals surface area contributed by atoms with E-state index < -0.39 is 10.9 Å². The number of anilines is 2. The van der Waals surface area contributed by atoms with E-state index >= 15 is 0 Å². The molecule has 158 valence electrons. The van der Waals surface area contributed by atoms with Gasteiger partial charge in [-0.15, -0.1) is 10.9 Å². The normalized spacial score (nSPS) is 18.6. The highest BCUT2D eigenvalue weighted by Gasteiger charge is 2.26. The molecule has 5 rings (SSSR count). The van der Waals surface area contributed by atoms with E-state index in [0.29, 0.717) is 18.2 Å². The van der Waals surface area contributed by atoms with E-state index in [0.717, 1.165) is 33.6 Å². The molecule has 2 aromatic heterocycles. The lowest BCUT2D eigenvalue weighted by molar-refractivity contribution is -0.119. The van der Waals surface area contributed by atoms with Crippen molar-refractivity contribution in [3.8, 4) is 11.3 Å². The van der Waals surface area contributed by atoms with Gasteiger partial charge in [0, 0.05) is 35.7 Å².